The second kappa shape index (κ2) is 13.7. The Labute approximate surface area is 323 Å². The van der Waals surface area contributed by atoms with E-state index in [1.165, 1.54) is 6.92 Å². The molecule has 0 amide bonds. The molecule has 2 aliphatic heterocycles. The first-order valence-corrected chi connectivity index (χ1v) is 16.4. The Hall–Kier alpha value is -5.64. The van der Waals surface area contributed by atoms with Crippen molar-refractivity contribution in [3.63, 3.8) is 0 Å². The number of rotatable bonds is 5. The SMILES string of the molecule is CC1=Nc2ccc(Oc3ccc4c(c3)C(C(F)(F)F)(C(F)(F)F)OC(c3ccc(C(c5ccc(C)cc5)(C(F)(F)F)C(F)(F)F)cc3)=N4)cc2C(C(F)(F)F)(C(F)(F)F)O1. The highest BCUT2D eigenvalue weighted by atomic mass is 19.4. The average molecular weight is 883 g/mol. The molecule has 0 atom stereocenters. The average Bonchev–Trinajstić information content (AvgIpc) is 3.09. The Morgan fingerprint density at radius 1 is 0.467 bits per heavy atom. The van der Waals surface area contributed by atoms with Gasteiger partial charge in [0.2, 0.25) is 11.3 Å². The van der Waals surface area contributed by atoms with Crippen LogP contribution >= 0.6 is 0 Å². The van der Waals surface area contributed by atoms with E-state index in [4.69, 9.17) is 4.74 Å². The van der Waals surface area contributed by atoms with E-state index < -0.39 is 116 Å². The molecular weight excluding hydrogens is 862 g/mol. The third kappa shape index (κ3) is 6.63. The van der Waals surface area contributed by atoms with E-state index in [0.717, 1.165) is 12.1 Å². The van der Waals surface area contributed by atoms with E-state index in [1.807, 2.05) is 0 Å². The van der Waals surface area contributed by atoms with E-state index >= 15 is 0 Å². The molecule has 0 saturated carbocycles. The zero-order valence-corrected chi connectivity index (χ0v) is 29.5. The van der Waals surface area contributed by atoms with Gasteiger partial charge in [-0.3, -0.25) is 0 Å². The monoisotopic (exact) mass is 882 g/mol. The quantitative estimate of drug-likeness (QED) is 0.188. The molecule has 2 heterocycles. The standard InChI is InChI=1S/C37H20F18N2O3/c1-17-3-7-20(8-4-17)29(32(38,39)40,33(41,42)43)21-9-5-19(6-10-21)28-57-27-14-12-23(16-25(27)31(60-28,36(50,51)52)37(53,54)55)58-22-11-13-26-24(15-22)30(34(44,45)46,35(47,48)49)59-18(2)56-26/h3-16H,1-2H3. The molecule has 0 radical (unpaired) electrons. The van der Waals surface area contributed by atoms with Crippen LogP contribution in [0, 0.1) is 6.92 Å². The minimum atomic E-state index is -6.51. The second-order valence-corrected chi connectivity index (χ2v) is 13.3. The first kappa shape index (κ1) is 43.9. The first-order valence-electron chi connectivity index (χ1n) is 16.4. The number of ether oxygens (including phenoxy) is 3. The molecule has 0 N–H and O–H groups in total. The molecule has 5 nitrogen and oxygen atoms in total. The lowest BCUT2D eigenvalue weighted by Crippen LogP contribution is -2.58. The summed E-state index contributed by atoms with van der Waals surface area (Å²) in [5.41, 5.74) is -24.5. The Morgan fingerprint density at radius 3 is 1.25 bits per heavy atom. The molecule has 0 fully saturated rings. The molecule has 60 heavy (non-hydrogen) atoms. The fourth-order valence-corrected chi connectivity index (χ4v) is 6.79. The number of nitrogens with zero attached hydrogens (tertiary/aromatic N) is 2. The molecule has 6 rings (SSSR count). The van der Waals surface area contributed by atoms with Crippen molar-refractivity contribution in [3.05, 3.63) is 118 Å². The van der Waals surface area contributed by atoms with Crippen molar-refractivity contribution in [2.75, 3.05) is 0 Å². The first-order chi connectivity index (χ1) is 27.3. The van der Waals surface area contributed by atoms with E-state index in [2.05, 4.69) is 19.5 Å². The van der Waals surface area contributed by atoms with Crippen molar-refractivity contribution in [2.24, 2.45) is 9.98 Å². The summed E-state index contributed by atoms with van der Waals surface area (Å²) in [6.45, 7) is 2.05. The minimum Gasteiger partial charge on any atom is -0.457 e. The van der Waals surface area contributed by atoms with Crippen LogP contribution in [0.2, 0.25) is 0 Å². The molecular formula is C37H20F18N2O3. The van der Waals surface area contributed by atoms with Gasteiger partial charge in [0.05, 0.1) is 11.4 Å². The fourth-order valence-electron chi connectivity index (χ4n) is 6.79. The van der Waals surface area contributed by atoms with Crippen LogP contribution in [0.15, 0.2) is 94.9 Å². The lowest BCUT2D eigenvalue weighted by Gasteiger charge is -2.41. The van der Waals surface area contributed by atoms with Gasteiger partial charge in [-0.25, -0.2) is 9.98 Å². The summed E-state index contributed by atoms with van der Waals surface area (Å²) in [6.07, 6.45) is -37.7. The van der Waals surface area contributed by atoms with Crippen LogP contribution in [0.5, 0.6) is 11.5 Å². The molecule has 4 aromatic rings. The Morgan fingerprint density at radius 2 is 0.850 bits per heavy atom. The number of benzene rings is 4. The number of fused-ring (bicyclic) bond motifs is 2. The topological polar surface area (TPSA) is 52.4 Å². The summed E-state index contributed by atoms with van der Waals surface area (Å²) in [7, 11) is 0. The summed E-state index contributed by atoms with van der Waals surface area (Å²) in [4.78, 5) is 7.09. The van der Waals surface area contributed by atoms with Gasteiger partial charge in [0.15, 0.2) is 5.90 Å². The fraction of sp³-hybridized carbons (Fsp3) is 0.297. The molecule has 0 aromatic heterocycles. The molecule has 0 bridgehead atoms. The van der Waals surface area contributed by atoms with Gasteiger partial charge in [0, 0.05) is 23.6 Å². The van der Waals surface area contributed by atoms with Gasteiger partial charge >= 0.3 is 48.3 Å². The van der Waals surface area contributed by atoms with Crippen molar-refractivity contribution in [2.45, 2.75) is 67.5 Å². The van der Waals surface area contributed by atoms with Crippen LogP contribution in [0.3, 0.4) is 0 Å². The van der Waals surface area contributed by atoms with Crippen LogP contribution in [0.25, 0.3) is 0 Å². The van der Waals surface area contributed by atoms with Crippen LogP contribution in [-0.4, -0.2) is 48.9 Å². The van der Waals surface area contributed by atoms with Gasteiger partial charge in [-0.2, -0.15) is 79.0 Å². The Balaban J connectivity index is 1.48. The maximum atomic E-state index is 14.8. The van der Waals surface area contributed by atoms with Crippen LogP contribution in [-0.2, 0) is 26.1 Å². The van der Waals surface area contributed by atoms with Gasteiger partial charge in [0.25, 0.3) is 0 Å². The molecule has 23 heteroatoms. The molecule has 322 valence electrons. The summed E-state index contributed by atoms with van der Waals surface area (Å²) in [5, 5.41) is 0. The van der Waals surface area contributed by atoms with Gasteiger partial charge in [-0.15, -0.1) is 0 Å². The number of aliphatic imine (C=N–C) groups is 2. The van der Waals surface area contributed by atoms with Crippen molar-refractivity contribution in [1.82, 2.24) is 0 Å². The van der Waals surface area contributed by atoms with E-state index in [1.54, 1.807) is 0 Å². The largest absolute Gasteiger partial charge is 0.457 e. The molecule has 2 aliphatic rings. The summed E-state index contributed by atoms with van der Waals surface area (Å²) in [6, 6.07) is 6.40. The van der Waals surface area contributed by atoms with E-state index in [9.17, 15) is 79.0 Å². The Kier molecular flexibility index (Phi) is 10.0. The lowest BCUT2D eigenvalue weighted by molar-refractivity contribution is -0.371. The number of alkyl halides is 18. The molecule has 0 aliphatic carbocycles. The minimum absolute atomic E-state index is 0.0152. The third-order valence-corrected chi connectivity index (χ3v) is 9.48. The number of hydrogen-bond acceptors (Lipinski definition) is 5. The number of halogens is 18. The van der Waals surface area contributed by atoms with E-state index in [0.29, 0.717) is 55.5 Å². The van der Waals surface area contributed by atoms with Gasteiger partial charge in [0.1, 0.15) is 11.5 Å². The predicted molar refractivity (Wildman–Crippen MR) is 172 cm³/mol. The normalized spacial score (nSPS) is 17.1. The van der Waals surface area contributed by atoms with Crippen LogP contribution < -0.4 is 4.74 Å². The van der Waals surface area contributed by atoms with Crippen molar-refractivity contribution in [3.8, 4) is 11.5 Å². The zero-order chi connectivity index (χ0) is 44.9. The Bertz CT molecular complexity index is 2310. The second-order valence-electron chi connectivity index (χ2n) is 13.3. The molecule has 0 spiro atoms. The smallest absolute Gasteiger partial charge is 0.442 e. The molecule has 0 unspecified atom stereocenters. The van der Waals surface area contributed by atoms with Gasteiger partial charge in [-0.1, -0.05) is 42.0 Å². The lowest BCUT2D eigenvalue weighted by atomic mass is 9.72. The maximum Gasteiger partial charge on any atom is 0.442 e. The summed E-state index contributed by atoms with van der Waals surface area (Å²) in [5.74, 6) is -4.69. The van der Waals surface area contributed by atoms with Crippen LogP contribution in [0.4, 0.5) is 90.4 Å². The highest BCUT2D eigenvalue weighted by Crippen LogP contribution is 2.60. The van der Waals surface area contributed by atoms with Crippen molar-refractivity contribution < 1.29 is 93.2 Å². The van der Waals surface area contributed by atoms with Crippen LogP contribution in [0.1, 0.15) is 40.3 Å². The van der Waals surface area contributed by atoms with E-state index in [-0.39, 0.29) is 29.8 Å². The van der Waals surface area contributed by atoms with Gasteiger partial charge < -0.3 is 14.2 Å². The van der Waals surface area contributed by atoms with Crippen molar-refractivity contribution >= 4 is 23.2 Å². The maximum absolute atomic E-state index is 14.8. The number of aryl methyl sites for hydroxylation is 1. The number of hydrogen-bond donors (Lipinski definition) is 0. The third-order valence-electron chi connectivity index (χ3n) is 9.48. The predicted octanol–water partition coefficient (Wildman–Crippen LogP) is 13.0. The highest BCUT2D eigenvalue weighted by Gasteiger charge is 2.78. The molecule has 0 saturated heterocycles. The zero-order valence-electron chi connectivity index (χ0n) is 29.5. The summed E-state index contributed by atoms with van der Waals surface area (Å²) < 4.78 is 275. The van der Waals surface area contributed by atoms with Gasteiger partial charge in [-0.05, 0) is 66.6 Å². The highest BCUT2D eigenvalue weighted by molar-refractivity contribution is 5.98. The van der Waals surface area contributed by atoms with Crippen molar-refractivity contribution in [1.29, 1.82) is 0 Å². The summed E-state index contributed by atoms with van der Waals surface area (Å²) >= 11 is 0. The molecule has 4 aromatic carbocycles.